The molecule has 1 unspecified atom stereocenters. The zero-order valence-electron chi connectivity index (χ0n) is 13.7. The summed E-state index contributed by atoms with van der Waals surface area (Å²) in [6.45, 7) is 1.36. The number of ketones is 1. The Kier molecular flexibility index (Phi) is 4.96. The van der Waals surface area contributed by atoms with E-state index in [1.807, 2.05) is 0 Å². The maximum Gasteiger partial charge on any atom is 0.197 e. The fraction of sp³-hybridized carbons (Fsp3) is 0.118. The summed E-state index contributed by atoms with van der Waals surface area (Å²) in [4.78, 5) is 13.1. The number of carbonyl (C=O) groups excluding carboxylic acids is 1. The number of halogens is 2. The lowest BCUT2D eigenvalue weighted by Crippen LogP contribution is -2.16. The molecule has 3 rings (SSSR count). The maximum atomic E-state index is 13.1. The molecular formula is C17H10B2BrClO6. The molecule has 0 aliphatic rings. The van der Waals surface area contributed by atoms with Crippen LogP contribution in [-0.4, -0.2) is 41.9 Å². The third-order valence-corrected chi connectivity index (χ3v) is 4.96. The highest BCUT2D eigenvalue weighted by molar-refractivity contribution is 9.10. The maximum absolute atomic E-state index is 13.1. The second kappa shape index (κ2) is 6.82. The van der Waals surface area contributed by atoms with Gasteiger partial charge in [0.05, 0.1) is 15.1 Å². The molecule has 0 fully saturated rings. The third-order valence-electron chi connectivity index (χ3n) is 4.07. The van der Waals surface area contributed by atoms with Gasteiger partial charge in [0.15, 0.2) is 11.5 Å². The van der Waals surface area contributed by atoms with Crippen molar-refractivity contribution in [2.45, 2.75) is 13.0 Å². The molecule has 0 spiro atoms. The topological polar surface area (TPSA) is 111 Å². The standard InChI is InChI=1S/C17H10B2BrClO6/c1-4(22)16-9(12(23)5-2-6(20)13(24)7(21)3-5)8-10(18)14(25)15(26)11(19)17(8)27-16/h2-4,22,24-26H,1H3. The van der Waals surface area contributed by atoms with Gasteiger partial charge in [-0.3, -0.25) is 4.79 Å². The molecular weight excluding hydrogens is 437 g/mol. The van der Waals surface area contributed by atoms with Gasteiger partial charge in [0, 0.05) is 10.9 Å². The molecule has 1 atom stereocenters. The highest BCUT2D eigenvalue weighted by Crippen LogP contribution is 2.37. The molecule has 6 nitrogen and oxygen atoms in total. The molecule has 27 heavy (non-hydrogen) atoms. The van der Waals surface area contributed by atoms with Crippen LogP contribution in [0, 0.1) is 0 Å². The Bertz CT molecular complexity index is 1090. The van der Waals surface area contributed by atoms with Crippen LogP contribution in [0.3, 0.4) is 0 Å². The van der Waals surface area contributed by atoms with Crippen LogP contribution >= 0.6 is 27.5 Å². The summed E-state index contributed by atoms with van der Waals surface area (Å²) in [7, 11) is 11.6. The van der Waals surface area contributed by atoms with Gasteiger partial charge in [-0.1, -0.05) is 11.6 Å². The molecule has 1 aromatic heterocycles. The predicted octanol–water partition coefficient (Wildman–Crippen LogP) is 1.84. The van der Waals surface area contributed by atoms with Crippen molar-refractivity contribution >= 4 is 70.9 Å². The van der Waals surface area contributed by atoms with E-state index >= 15 is 0 Å². The number of furan rings is 1. The van der Waals surface area contributed by atoms with Gasteiger partial charge in [0.2, 0.25) is 0 Å². The fourth-order valence-corrected chi connectivity index (χ4v) is 3.53. The van der Waals surface area contributed by atoms with E-state index in [-0.39, 0.29) is 54.0 Å². The number of carbonyl (C=O) groups is 1. The molecule has 0 aliphatic heterocycles. The first-order valence-corrected chi connectivity index (χ1v) is 8.69. The number of hydrogen-bond donors (Lipinski definition) is 4. The first kappa shape index (κ1) is 19.7. The average Bonchev–Trinajstić information content (AvgIpc) is 3.02. The summed E-state index contributed by atoms with van der Waals surface area (Å²) in [6, 6.07) is 2.56. The van der Waals surface area contributed by atoms with E-state index in [1.165, 1.54) is 19.1 Å². The Morgan fingerprint density at radius 1 is 1.15 bits per heavy atom. The van der Waals surface area contributed by atoms with E-state index in [0.717, 1.165) is 0 Å². The number of phenolic OH excluding ortho intramolecular Hbond substituents is 3. The smallest absolute Gasteiger partial charge is 0.197 e. The quantitative estimate of drug-likeness (QED) is 0.277. The summed E-state index contributed by atoms with van der Waals surface area (Å²) in [5.41, 5.74) is -0.902. The molecule has 0 bridgehead atoms. The third kappa shape index (κ3) is 2.99. The van der Waals surface area contributed by atoms with Gasteiger partial charge in [-0.2, -0.15) is 0 Å². The highest BCUT2D eigenvalue weighted by atomic mass is 79.9. The average molecular weight is 447 g/mol. The molecule has 0 amide bonds. The number of aliphatic hydroxyl groups excluding tert-OH is 1. The van der Waals surface area contributed by atoms with Crippen LogP contribution in [-0.2, 0) is 0 Å². The minimum absolute atomic E-state index is 0.0518. The van der Waals surface area contributed by atoms with Gasteiger partial charge in [0.25, 0.3) is 0 Å². The lowest BCUT2D eigenvalue weighted by molar-refractivity contribution is 0.102. The van der Waals surface area contributed by atoms with Crippen molar-refractivity contribution in [1.29, 1.82) is 0 Å². The van der Waals surface area contributed by atoms with E-state index in [4.69, 9.17) is 31.7 Å². The molecule has 0 aliphatic carbocycles. The molecule has 3 aromatic rings. The molecule has 4 N–H and O–H groups in total. The number of phenols is 3. The van der Waals surface area contributed by atoms with Crippen LogP contribution in [0.1, 0.15) is 34.7 Å². The zero-order chi connectivity index (χ0) is 20.2. The van der Waals surface area contributed by atoms with Crippen molar-refractivity contribution in [3.8, 4) is 17.2 Å². The first-order chi connectivity index (χ1) is 12.6. The lowest BCUT2D eigenvalue weighted by Gasteiger charge is -2.10. The Labute approximate surface area is 169 Å². The minimum Gasteiger partial charge on any atom is -0.505 e. The molecule has 134 valence electrons. The Morgan fingerprint density at radius 2 is 1.74 bits per heavy atom. The van der Waals surface area contributed by atoms with Crippen molar-refractivity contribution in [2.75, 3.05) is 0 Å². The molecule has 4 radical (unpaired) electrons. The molecule has 1 heterocycles. The van der Waals surface area contributed by atoms with Crippen molar-refractivity contribution in [3.05, 3.63) is 38.5 Å². The summed E-state index contributed by atoms with van der Waals surface area (Å²) >= 11 is 9.02. The summed E-state index contributed by atoms with van der Waals surface area (Å²) < 4.78 is 5.67. The van der Waals surface area contributed by atoms with E-state index in [0.29, 0.717) is 0 Å². The Hall–Kier alpha value is -2.09. The SMILES string of the molecule is [B]c1c(O)c(O)c([B])c2c(C(=O)c3cc(Cl)c(O)c(Br)c3)c(C(C)O)oc12. The number of fused-ring (bicyclic) bond motifs is 1. The monoisotopic (exact) mass is 446 g/mol. The number of rotatable bonds is 3. The van der Waals surface area contributed by atoms with Crippen LogP contribution in [0.25, 0.3) is 11.0 Å². The zero-order valence-corrected chi connectivity index (χ0v) is 16.1. The van der Waals surface area contributed by atoms with Crippen molar-refractivity contribution in [1.82, 2.24) is 0 Å². The predicted molar refractivity (Wildman–Crippen MR) is 105 cm³/mol. The highest BCUT2D eigenvalue weighted by Gasteiger charge is 2.29. The number of aliphatic hydroxyl groups is 1. The van der Waals surface area contributed by atoms with Crippen molar-refractivity contribution < 1.29 is 29.6 Å². The van der Waals surface area contributed by atoms with Gasteiger partial charge >= 0.3 is 0 Å². The molecule has 0 saturated heterocycles. The Morgan fingerprint density at radius 3 is 2.30 bits per heavy atom. The van der Waals surface area contributed by atoms with Crippen LogP contribution in [0.15, 0.2) is 21.0 Å². The number of benzene rings is 2. The van der Waals surface area contributed by atoms with Crippen LogP contribution in [0.2, 0.25) is 5.02 Å². The summed E-state index contributed by atoms with van der Waals surface area (Å²) in [5.74, 6) is -2.45. The van der Waals surface area contributed by atoms with Crippen LogP contribution in [0.5, 0.6) is 17.2 Å². The van der Waals surface area contributed by atoms with E-state index in [2.05, 4.69) is 15.9 Å². The molecule has 0 saturated carbocycles. The largest absolute Gasteiger partial charge is 0.505 e. The Balaban J connectivity index is 2.40. The molecule has 10 heteroatoms. The van der Waals surface area contributed by atoms with Gasteiger partial charge in [-0.05, 0) is 45.9 Å². The second-order valence-corrected chi connectivity index (χ2v) is 7.13. The normalized spacial score (nSPS) is 12.4. The van der Waals surface area contributed by atoms with E-state index < -0.39 is 23.4 Å². The van der Waals surface area contributed by atoms with Gasteiger partial charge in [0.1, 0.15) is 44.6 Å². The van der Waals surface area contributed by atoms with Crippen molar-refractivity contribution in [3.63, 3.8) is 0 Å². The second-order valence-electron chi connectivity index (χ2n) is 5.86. The van der Waals surface area contributed by atoms with E-state index in [1.54, 1.807) is 0 Å². The van der Waals surface area contributed by atoms with Gasteiger partial charge < -0.3 is 24.8 Å². The summed E-state index contributed by atoms with van der Waals surface area (Å²) in [6.07, 6.45) is -1.23. The van der Waals surface area contributed by atoms with Gasteiger partial charge in [-0.25, -0.2) is 0 Å². The van der Waals surface area contributed by atoms with E-state index in [9.17, 15) is 25.2 Å². The van der Waals surface area contributed by atoms with Crippen LogP contribution in [0.4, 0.5) is 0 Å². The molecule has 2 aromatic carbocycles. The fourth-order valence-electron chi connectivity index (χ4n) is 2.74. The van der Waals surface area contributed by atoms with Crippen molar-refractivity contribution in [2.24, 2.45) is 0 Å². The first-order valence-electron chi connectivity index (χ1n) is 7.52. The van der Waals surface area contributed by atoms with Gasteiger partial charge in [-0.15, -0.1) is 0 Å². The summed E-state index contributed by atoms with van der Waals surface area (Å²) in [5, 5.41) is 39.5. The van der Waals surface area contributed by atoms with Crippen LogP contribution < -0.4 is 10.9 Å². The lowest BCUT2D eigenvalue weighted by atomic mass is 9.81. The number of aromatic hydroxyl groups is 3. The number of hydrogen-bond acceptors (Lipinski definition) is 6. The minimum atomic E-state index is -1.23.